The normalized spacial score (nSPS) is 18.1. The fourth-order valence-electron chi connectivity index (χ4n) is 2.36. The lowest BCUT2D eigenvalue weighted by Crippen LogP contribution is -2.51. The quantitative estimate of drug-likeness (QED) is 0.744. The van der Waals surface area contributed by atoms with Crippen LogP contribution in [-0.2, 0) is 14.8 Å². The van der Waals surface area contributed by atoms with Crippen molar-refractivity contribution >= 4 is 28.3 Å². The number of halogens is 1. The molecule has 1 amide bonds. The summed E-state index contributed by atoms with van der Waals surface area (Å²) in [6.45, 7) is 5.35. The van der Waals surface area contributed by atoms with E-state index in [9.17, 15) is 13.2 Å². The van der Waals surface area contributed by atoms with Gasteiger partial charge in [0.15, 0.2) is 0 Å². The molecule has 1 heterocycles. The number of hydrogen-bond donors (Lipinski definition) is 2. The van der Waals surface area contributed by atoms with E-state index in [1.807, 2.05) is 13.8 Å². The van der Waals surface area contributed by atoms with Gasteiger partial charge in [-0.3, -0.25) is 4.79 Å². The van der Waals surface area contributed by atoms with Gasteiger partial charge in [0.25, 0.3) is 0 Å². The monoisotopic (exact) mass is 341 g/mol. The number of nitrogens with one attached hydrogen (secondary N) is 1. The summed E-state index contributed by atoms with van der Waals surface area (Å²) in [5.41, 5.74) is 5.81. The maximum Gasteiger partial charge on any atom is 0.223 e. The SMILES string of the molecule is CCC(N)(CC)CNC(=O)C1CCN(S(C)(=O)=O)CC1.Cl. The lowest BCUT2D eigenvalue weighted by atomic mass is 9.93. The molecule has 0 atom stereocenters. The fraction of sp³-hybridized carbons (Fsp3) is 0.923. The summed E-state index contributed by atoms with van der Waals surface area (Å²) in [4.78, 5) is 12.1. The minimum atomic E-state index is -3.14. The topological polar surface area (TPSA) is 92.5 Å². The first-order valence-electron chi connectivity index (χ1n) is 7.23. The number of carbonyl (C=O) groups is 1. The Morgan fingerprint density at radius 2 is 1.76 bits per heavy atom. The van der Waals surface area contributed by atoms with Gasteiger partial charge >= 0.3 is 0 Å². The lowest BCUT2D eigenvalue weighted by molar-refractivity contribution is -0.126. The average molecular weight is 342 g/mol. The van der Waals surface area contributed by atoms with E-state index in [4.69, 9.17) is 5.73 Å². The van der Waals surface area contributed by atoms with E-state index in [0.29, 0.717) is 32.5 Å². The lowest BCUT2D eigenvalue weighted by Gasteiger charge is -2.31. The number of carbonyl (C=O) groups excluding carboxylic acids is 1. The molecule has 0 spiro atoms. The molecule has 0 aliphatic carbocycles. The Kier molecular flexibility index (Phi) is 8.17. The Morgan fingerprint density at radius 1 is 1.29 bits per heavy atom. The molecule has 1 aliphatic heterocycles. The van der Waals surface area contributed by atoms with Crippen molar-refractivity contribution in [3.05, 3.63) is 0 Å². The first kappa shape index (κ1) is 20.6. The van der Waals surface area contributed by atoms with Crippen LogP contribution in [0.1, 0.15) is 39.5 Å². The highest BCUT2D eigenvalue weighted by atomic mass is 35.5. The maximum absolute atomic E-state index is 12.1. The highest BCUT2D eigenvalue weighted by Gasteiger charge is 2.30. The first-order valence-corrected chi connectivity index (χ1v) is 9.08. The van der Waals surface area contributed by atoms with Crippen molar-refractivity contribution in [1.82, 2.24) is 9.62 Å². The third-order valence-electron chi connectivity index (χ3n) is 4.32. The molecule has 1 saturated heterocycles. The number of sulfonamides is 1. The molecule has 21 heavy (non-hydrogen) atoms. The third kappa shape index (κ3) is 6.10. The summed E-state index contributed by atoms with van der Waals surface area (Å²) in [6, 6.07) is 0. The standard InChI is InChI=1S/C13H27N3O3S.ClH/c1-4-13(14,5-2)10-15-12(17)11-6-8-16(9-7-11)20(3,18)19;/h11H,4-10,14H2,1-3H3,(H,15,17);1H. The van der Waals surface area contributed by atoms with Crippen molar-refractivity contribution < 1.29 is 13.2 Å². The Bertz CT molecular complexity index is 430. The number of piperidine rings is 1. The van der Waals surface area contributed by atoms with E-state index >= 15 is 0 Å². The van der Waals surface area contributed by atoms with Crippen LogP contribution in [0.4, 0.5) is 0 Å². The molecule has 0 unspecified atom stereocenters. The Labute approximate surface area is 134 Å². The summed E-state index contributed by atoms with van der Waals surface area (Å²) in [5.74, 6) is -0.110. The van der Waals surface area contributed by atoms with Gasteiger partial charge in [0.05, 0.1) is 6.26 Å². The van der Waals surface area contributed by atoms with Crippen LogP contribution in [0, 0.1) is 5.92 Å². The molecule has 0 aromatic rings. The van der Waals surface area contributed by atoms with Crippen LogP contribution >= 0.6 is 12.4 Å². The number of rotatable bonds is 6. The second kappa shape index (κ2) is 8.31. The van der Waals surface area contributed by atoms with E-state index in [1.165, 1.54) is 10.6 Å². The van der Waals surface area contributed by atoms with Crippen LogP contribution in [0.2, 0.25) is 0 Å². The molecule has 8 heteroatoms. The van der Waals surface area contributed by atoms with Crippen LogP contribution in [0.5, 0.6) is 0 Å². The minimum Gasteiger partial charge on any atom is -0.354 e. The molecule has 1 aliphatic rings. The van der Waals surface area contributed by atoms with Gasteiger partial charge in [0, 0.05) is 31.1 Å². The Hall–Kier alpha value is -0.370. The van der Waals surface area contributed by atoms with Crippen molar-refractivity contribution in [2.45, 2.75) is 45.1 Å². The smallest absolute Gasteiger partial charge is 0.223 e. The minimum absolute atomic E-state index is 0. The zero-order valence-corrected chi connectivity index (χ0v) is 14.7. The fourth-order valence-corrected chi connectivity index (χ4v) is 3.23. The van der Waals surface area contributed by atoms with Gasteiger partial charge in [-0.2, -0.15) is 0 Å². The van der Waals surface area contributed by atoms with Gasteiger partial charge < -0.3 is 11.1 Å². The van der Waals surface area contributed by atoms with Crippen LogP contribution in [0.25, 0.3) is 0 Å². The summed E-state index contributed by atoms with van der Waals surface area (Å²) in [5, 5.41) is 2.92. The van der Waals surface area contributed by atoms with Gasteiger partial charge in [-0.05, 0) is 25.7 Å². The van der Waals surface area contributed by atoms with Crippen molar-refractivity contribution in [3.8, 4) is 0 Å². The van der Waals surface area contributed by atoms with Crippen molar-refractivity contribution in [2.24, 2.45) is 11.7 Å². The van der Waals surface area contributed by atoms with E-state index in [2.05, 4.69) is 5.32 Å². The highest BCUT2D eigenvalue weighted by Crippen LogP contribution is 2.19. The van der Waals surface area contributed by atoms with Gasteiger partial charge in [0.2, 0.25) is 15.9 Å². The largest absolute Gasteiger partial charge is 0.354 e. The van der Waals surface area contributed by atoms with E-state index in [-0.39, 0.29) is 29.8 Å². The average Bonchev–Trinajstić information content (AvgIpc) is 2.43. The molecule has 0 bridgehead atoms. The zero-order valence-electron chi connectivity index (χ0n) is 13.1. The number of amides is 1. The van der Waals surface area contributed by atoms with Gasteiger partial charge in [-0.15, -0.1) is 12.4 Å². The number of nitrogens with two attached hydrogens (primary N) is 1. The Morgan fingerprint density at radius 3 is 2.14 bits per heavy atom. The van der Waals surface area contributed by atoms with E-state index < -0.39 is 10.0 Å². The molecule has 1 fully saturated rings. The van der Waals surface area contributed by atoms with Crippen molar-refractivity contribution in [1.29, 1.82) is 0 Å². The molecule has 3 N–H and O–H groups in total. The van der Waals surface area contributed by atoms with E-state index in [0.717, 1.165) is 12.8 Å². The first-order chi connectivity index (χ1) is 9.22. The van der Waals surface area contributed by atoms with E-state index in [1.54, 1.807) is 0 Å². The van der Waals surface area contributed by atoms with Crippen LogP contribution in [0.15, 0.2) is 0 Å². The molecule has 126 valence electrons. The maximum atomic E-state index is 12.1. The number of nitrogens with zero attached hydrogens (tertiary/aromatic N) is 1. The molecule has 0 saturated carbocycles. The molecule has 0 aromatic heterocycles. The van der Waals surface area contributed by atoms with Gasteiger partial charge in [0.1, 0.15) is 0 Å². The summed E-state index contributed by atoms with van der Waals surface area (Å²) in [6.07, 6.45) is 3.99. The molecular formula is C13H28ClN3O3S. The second-order valence-electron chi connectivity index (χ2n) is 5.72. The molecule has 0 radical (unpaired) electrons. The van der Waals surface area contributed by atoms with Crippen molar-refractivity contribution in [3.63, 3.8) is 0 Å². The summed E-state index contributed by atoms with van der Waals surface area (Å²) in [7, 11) is -3.14. The second-order valence-corrected chi connectivity index (χ2v) is 7.71. The predicted octanol–water partition coefficient (Wildman–Crippen LogP) is 0.714. The molecule has 1 rings (SSSR count). The molecule has 6 nitrogen and oxygen atoms in total. The summed E-state index contributed by atoms with van der Waals surface area (Å²) < 4.78 is 24.2. The van der Waals surface area contributed by atoms with Crippen LogP contribution < -0.4 is 11.1 Å². The van der Waals surface area contributed by atoms with Gasteiger partial charge in [-0.1, -0.05) is 13.8 Å². The zero-order chi connectivity index (χ0) is 15.4. The number of hydrogen-bond acceptors (Lipinski definition) is 4. The molecular weight excluding hydrogens is 314 g/mol. The third-order valence-corrected chi connectivity index (χ3v) is 5.62. The van der Waals surface area contributed by atoms with Crippen molar-refractivity contribution in [2.75, 3.05) is 25.9 Å². The van der Waals surface area contributed by atoms with Gasteiger partial charge in [-0.25, -0.2) is 12.7 Å². The van der Waals surface area contributed by atoms with Crippen LogP contribution in [-0.4, -0.2) is 50.1 Å². The van der Waals surface area contributed by atoms with Crippen LogP contribution in [0.3, 0.4) is 0 Å². The predicted molar refractivity (Wildman–Crippen MR) is 86.9 cm³/mol. The summed E-state index contributed by atoms with van der Waals surface area (Å²) >= 11 is 0. The molecule has 0 aromatic carbocycles. The Balaban J connectivity index is 0.00000400. The highest BCUT2D eigenvalue weighted by molar-refractivity contribution is 7.88.